The first-order chi connectivity index (χ1) is 10.3. The van der Waals surface area contributed by atoms with Crippen molar-refractivity contribution in [2.75, 3.05) is 13.7 Å². The predicted molar refractivity (Wildman–Crippen MR) is 91.0 cm³/mol. The average Bonchev–Trinajstić information content (AvgIpc) is 2.83. The zero-order valence-electron chi connectivity index (χ0n) is 14.1. The number of aromatic nitrogens is 2. The smallest absolute Gasteiger partial charge is 0.139 e. The van der Waals surface area contributed by atoms with E-state index in [1.165, 1.54) is 0 Å². The maximum absolute atomic E-state index is 9.92. The van der Waals surface area contributed by atoms with Crippen molar-refractivity contribution < 1.29 is 14.6 Å². The summed E-state index contributed by atoms with van der Waals surface area (Å²) in [6, 6.07) is 4.89. The van der Waals surface area contributed by atoms with E-state index in [2.05, 4.69) is 24.7 Å². The van der Waals surface area contributed by atoms with Crippen molar-refractivity contribution in [1.29, 1.82) is 0 Å². The van der Waals surface area contributed by atoms with E-state index in [0.717, 1.165) is 34.9 Å². The van der Waals surface area contributed by atoms with Crippen molar-refractivity contribution in [3.8, 4) is 5.75 Å². The van der Waals surface area contributed by atoms with Crippen LogP contribution in [0, 0.1) is 0 Å². The molecule has 22 heavy (non-hydrogen) atoms. The van der Waals surface area contributed by atoms with Crippen molar-refractivity contribution >= 4 is 19.0 Å². The van der Waals surface area contributed by atoms with Gasteiger partial charge in [-0.05, 0) is 19.1 Å². The van der Waals surface area contributed by atoms with E-state index < -0.39 is 14.2 Å². The van der Waals surface area contributed by atoms with Crippen LogP contribution in [0.1, 0.15) is 18.6 Å². The number of nitrogens with zero attached hydrogens (tertiary/aromatic N) is 2. The van der Waals surface area contributed by atoms with Gasteiger partial charge in [0, 0.05) is 23.8 Å². The van der Waals surface area contributed by atoms with Gasteiger partial charge in [-0.1, -0.05) is 0 Å². The highest BCUT2D eigenvalue weighted by atomic mass is 28.3. The third-order valence-electron chi connectivity index (χ3n) is 3.56. The Balaban J connectivity index is 2.14. The lowest BCUT2D eigenvalue weighted by atomic mass is 10.1. The molecular weight excluding hydrogens is 296 g/mol. The predicted octanol–water partition coefficient (Wildman–Crippen LogP) is 3.41. The van der Waals surface area contributed by atoms with Gasteiger partial charge in [-0.15, -0.1) is 14.1 Å². The maximum atomic E-state index is 9.92. The molecule has 123 valence electrons. The van der Waals surface area contributed by atoms with Gasteiger partial charge in [0.1, 0.15) is 12.5 Å². The molecule has 6 heteroatoms. The molecule has 0 amide bonds. The van der Waals surface area contributed by atoms with Crippen LogP contribution in [-0.4, -0.2) is 36.7 Å². The van der Waals surface area contributed by atoms with Crippen molar-refractivity contribution in [1.82, 2.24) is 9.78 Å². The topological polar surface area (TPSA) is 56.5 Å². The largest absolute Gasteiger partial charge is 0.497 e. The van der Waals surface area contributed by atoms with Gasteiger partial charge in [0.15, 0.2) is 0 Å². The standard InChI is InChI=1S/C16H26N2O3Si/c1-12(19)15-9-14(20-2)8-13-10-18(17-16(13)15)11-21-6-7-22(3,4)5/h8-10,12,19H,6-7,11H2,1-5H3/q-1. The molecule has 1 aromatic heterocycles. The summed E-state index contributed by atoms with van der Waals surface area (Å²) in [5, 5.41) is 15.4. The Labute approximate surface area is 132 Å². The molecule has 0 aliphatic carbocycles. The Morgan fingerprint density at radius 3 is 2.64 bits per heavy atom. The average molecular weight is 322 g/mol. The Morgan fingerprint density at radius 1 is 1.32 bits per heavy atom. The molecular formula is C16H26N2O3Si-. The third kappa shape index (κ3) is 4.31. The van der Waals surface area contributed by atoms with E-state index in [1.807, 2.05) is 18.3 Å². The van der Waals surface area contributed by atoms with E-state index in [0.29, 0.717) is 6.73 Å². The number of hydrogen-bond acceptors (Lipinski definition) is 4. The van der Waals surface area contributed by atoms with E-state index in [1.54, 1.807) is 18.7 Å². The van der Waals surface area contributed by atoms with Crippen LogP contribution in [-0.2, 0) is 11.5 Å². The molecule has 0 saturated heterocycles. The number of methoxy groups -OCH3 is 1. The van der Waals surface area contributed by atoms with Gasteiger partial charge in [0.05, 0.1) is 18.7 Å². The highest BCUT2D eigenvalue weighted by Crippen LogP contribution is 2.28. The highest BCUT2D eigenvalue weighted by molar-refractivity contribution is 6.76. The first kappa shape index (κ1) is 17.0. The second-order valence-corrected chi connectivity index (χ2v) is 12.5. The van der Waals surface area contributed by atoms with Crippen LogP contribution in [0.4, 0.5) is 0 Å². The number of fused-ring (bicyclic) bond motifs is 1. The molecule has 0 fully saturated rings. The summed E-state index contributed by atoms with van der Waals surface area (Å²) >= 11 is 0. The number of benzene rings is 1. The summed E-state index contributed by atoms with van der Waals surface area (Å²) in [5.41, 5.74) is 1.57. The molecule has 1 heterocycles. The molecule has 0 radical (unpaired) electrons. The second-order valence-electron chi connectivity index (χ2n) is 6.85. The Bertz CT molecular complexity index is 632. The lowest BCUT2D eigenvalue weighted by molar-refractivity contribution is 0.0790. The van der Waals surface area contributed by atoms with Gasteiger partial charge in [0.2, 0.25) is 0 Å². The SMILES string of the molecule is COc1cc(C(C)O)c2nn(COCC[Si-](C)(C)C)cc2c1. The molecule has 5 nitrogen and oxygen atoms in total. The van der Waals surface area contributed by atoms with Crippen molar-refractivity contribution in [3.05, 3.63) is 23.9 Å². The number of aliphatic hydroxyl groups is 1. The Hall–Kier alpha value is -1.37. The van der Waals surface area contributed by atoms with Crippen LogP contribution in [0.2, 0.25) is 25.7 Å². The monoisotopic (exact) mass is 322 g/mol. The minimum atomic E-state index is -1.07. The molecule has 0 spiro atoms. The van der Waals surface area contributed by atoms with Crippen LogP contribution in [0.5, 0.6) is 5.75 Å². The molecule has 1 atom stereocenters. The summed E-state index contributed by atoms with van der Waals surface area (Å²) in [4.78, 5) is 0. The summed E-state index contributed by atoms with van der Waals surface area (Å²) in [5.74, 6) is 0.725. The molecule has 1 aromatic carbocycles. The van der Waals surface area contributed by atoms with E-state index >= 15 is 0 Å². The number of aliphatic hydroxyl groups excluding tert-OH is 1. The van der Waals surface area contributed by atoms with E-state index in [4.69, 9.17) is 9.47 Å². The highest BCUT2D eigenvalue weighted by Gasteiger charge is 2.13. The fourth-order valence-electron chi connectivity index (χ4n) is 2.22. The van der Waals surface area contributed by atoms with Gasteiger partial charge in [-0.25, -0.2) is 4.68 Å². The zero-order valence-corrected chi connectivity index (χ0v) is 15.1. The molecule has 0 aliphatic rings. The van der Waals surface area contributed by atoms with Crippen molar-refractivity contribution in [2.24, 2.45) is 0 Å². The first-order valence-electron chi connectivity index (χ1n) is 7.61. The van der Waals surface area contributed by atoms with E-state index in [-0.39, 0.29) is 0 Å². The number of rotatable bonds is 7. The van der Waals surface area contributed by atoms with Crippen LogP contribution in [0.15, 0.2) is 18.3 Å². The third-order valence-corrected chi connectivity index (χ3v) is 5.27. The fourth-order valence-corrected chi connectivity index (χ4v) is 2.98. The summed E-state index contributed by atoms with van der Waals surface area (Å²) in [6.07, 6.45) is 1.34. The minimum absolute atomic E-state index is 0.431. The van der Waals surface area contributed by atoms with Gasteiger partial charge in [-0.2, -0.15) is 24.7 Å². The number of ether oxygens (including phenoxy) is 2. The summed E-state index contributed by atoms with van der Waals surface area (Å²) < 4.78 is 12.8. The van der Waals surface area contributed by atoms with E-state index in [9.17, 15) is 5.11 Å². The lowest BCUT2D eigenvalue weighted by Crippen LogP contribution is -2.22. The van der Waals surface area contributed by atoms with Crippen LogP contribution in [0.25, 0.3) is 10.9 Å². The molecule has 0 bridgehead atoms. The zero-order chi connectivity index (χ0) is 16.3. The summed E-state index contributed by atoms with van der Waals surface area (Å²) in [6.45, 7) is 9.93. The van der Waals surface area contributed by atoms with Crippen molar-refractivity contribution in [2.45, 2.75) is 45.4 Å². The molecule has 1 unspecified atom stereocenters. The molecule has 0 saturated carbocycles. The fraction of sp³-hybridized carbons (Fsp3) is 0.562. The minimum Gasteiger partial charge on any atom is -0.497 e. The van der Waals surface area contributed by atoms with Gasteiger partial charge in [0.25, 0.3) is 0 Å². The van der Waals surface area contributed by atoms with Crippen molar-refractivity contribution in [3.63, 3.8) is 0 Å². The van der Waals surface area contributed by atoms with Crippen LogP contribution >= 0.6 is 0 Å². The molecule has 0 aliphatic heterocycles. The lowest BCUT2D eigenvalue weighted by Gasteiger charge is -2.26. The first-order valence-corrected chi connectivity index (χ1v) is 11.3. The Morgan fingerprint density at radius 2 is 2.05 bits per heavy atom. The number of hydrogen-bond donors (Lipinski definition) is 1. The second kappa shape index (κ2) is 6.81. The Kier molecular flexibility index (Phi) is 5.26. The molecule has 1 N–H and O–H groups in total. The van der Waals surface area contributed by atoms with Gasteiger partial charge < -0.3 is 14.6 Å². The quantitative estimate of drug-likeness (QED) is 0.627. The molecule has 2 aromatic rings. The molecule has 2 rings (SSSR count). The van der Waals surface area contributed by atoms with Gasteiger partial charge in [-0.3, -0.25) is 0 Å². The normalized spacial score (nSPS) is 13.5. The maximum Gasteiger partial charge on any atom is 0.139 e. The van der Waals surface area contributed by atoms with Crippen LogP contribution < -0.4 is 4.74 Å². The summed E-state index contributed by atoms with van der Waals surface area (Å²) in [7, 11) is 0.554. The van der Waals surface area contributed by atoms with Gasteiger partial charge >= 0.3 is 0 Å². The van der Waals surface area contributed by atoms with Crippen LogP contribution in [0.3, 0.4) is 0 Å².